The zero-order valence-electron chi connectivity index (χ0n) is 14.0. The molecular formula is C21H16O5. The summed E-state index contributed by atoms with van der Waals surface area (Å²) in [4.78, 5) is 11.7. The first kappa shape index (κ1) is 16.2. The van der Waals surface area contributed by atoms with Crippen molar-refractivity contribution in [3.05, 3.63) is 88.7 Å². The second kappa shape index (κ2) is 6.20. The van der Waals surface area contributed by atoms with Gasteiger partial charge in [0.2, 0.25) is 0 Å². The number of hydrogen-bond acceptors (Lipinski definition) is 4. The Labute approximate surface area is 150 Å². The lowest BCUT2D eigenvalue weighted by Gasteiger charge is -2.28. The van der Waals surface area contributed by atoms with Gasteiger partial charge in [-0.1, -0.05) is 30.4 Å². The fraction of sp³-hybridized carbons (Fsp3) is 0.0952. The smallest absolute Gasteiger partial charge is 0.336 e. The molecule has 26 heavy (non-hydrogen) atoms. The Bertz CT molecular complexity index is 997. The van der Waals surface area contributed by atoms with Crippen LogP contribution in [0.2, 0.25) is 0 Å². The highest BCUT2D eigenvalue weighted by Crippen LogP contribution is 2.45. The summed E-state index contributed by atoms with van der Waals surface area (Å²) in [7, 11) is 1.57. The quantitative estimate of drug-likeness (QED) is 0.889. The molecule has 0 spiro atoms. The van der Waals surface area contributed by atoms with E-state index in [4.69, 9.17) is 9.47 Å². The van der Waals surface area contributed by atoms with Crippen molar-refractivity contribution < 1.29 is 24.5 Å². The first-order valence-corrected chi connectivity index (χ1v) is 8.10. The van der Waals surface area contributed by atoms with Gasteiger partial charge in [-0.25, -0.2) is 4.79 Å². The van der Waals surface area contributed by atoms with Crippen LogP contribution in [0, 0.1) is 0 Å². The summed E-state index contributed by atoms with van der Waals surface area (Å²) in [5.41, 5.74) is 3.06. The lowest BCUT2D eigenvalue weighted by Crippen LogP contribution is -2.16. The van der Waals surface area contributed by atoms with Crippen molar-refractivity contribution in [3.63, 3.8) is 0 Å². The third kappa shape index (κ3) is 2.59. The van der Waals surface area contributed by atoms with Gasteiger partial charge in [-0.05, 0) is 29.8 Å². The fourth-order valence-electron chi connectivity index (χ4n) is 3.23. The summed E-state index contributed by atoms with van der Waals surface area (Å²) in [5, 5.41) is 19.5. The molecule has 0 saturated carbocycles. The molecule has 1 aliphatic carbocycles. The molecule has 0 fully saturated rings. The summed E-state index contributed by atoms with van der Waals surface area (Å²) in [5.74, 6) is 0.680. The minimum Gasteiger partial charge on any atom is -0.497 e. The van der Waals surface area contributed by atoms with Crippen LogP contribution in [-0.4, -0.2) is 29.4 Å². The van der Waals surface area contributed by atoms with Gasteiger partial charge in [0, 0.05) is 22.8 Å². The van der Waals surface area contributed by atoms with E-state index in [-0.39, 0.29) is 5.56 Å². The van der Waals surface area contributed by atoms with Gasteiger partial charge in [-0.3, -0.25) is 0 Å². The molecule has 2 N–H and O–H groups in total. The monoisotopic (exact) mass is 348 g/mol. The second-order valence-electron chi connectivity index (χ2n) is 5.98. The Hall–Kier alpha value is -3.31. The summed E-state index contributed by atoms with van der Waals surface area (Å²) >= 11 is 0. The highest BCUT2D eigenvalue weighted by Gasteiger charge is 2.29. The molecule has 2 aromatic carbocycles. The molecule has 5 nitrogen and oxygen atoms in total. The van der Waals surface area contributed by atoms with Crippen molar-refractivity contribution in [1.82, 2.24) is 0 Å². The minimum absolute atomic E-state index is 0.206. The van der Waals surface area contributed by atoms with Crippen LogP contribution >= 0.6 is 0 Å². The van der Waals surface area contributed by atoms with Crippen molar-refractivity contribution in [1.29, 1.82) is 0 Å². The van der Waals surface area contributed by atoms with E-state index in [1.807, 2.05) is 12.1 Å². The summed E-state index contributed by atoms with van der Waals surface area (Å²) in [6.45, 7) is 0. The normalized spacial score (nSPS) is 17.8. The summed E-state index contributed by atoms with van der Waals surface area (Å²) < 4.78 is 11.2. The molecule has 1 atom stereocenters. The van der Waals surface area contributed by atoms with Gasteiger partial charge < -0.3 is 19.7 Å². The predicted molar refractivity (Wildman–Crippen MR) is 96.3 cm³/mol. The fourth-order valence-corrected chi connectivity index (χ4v) is 3.23. The maximum absolute atomic E-state index is 11.7. The standard InChI is InChI=1S/C21H16O5/c1-25-13-7-9-17-19(11-13)26-18-10-12(22)6-8-16(18)20(17)14-4-2-3-5-15(14)21(23)24/h2-12,22H,1H3,(H,23,24). The van der Waals surface area contributed by atoms with E-state index in [1.165, 1.54) is 0 Å². The lowest BCUT2D eigenvalue weighted by atomic mass is 9.85. The maximum atomic E-state index is 11.7. The molecule has 1 aliphatic heterocycles. The van der Waals surface area contributed by atoms with E-state index in [9.17, 15) is 15.0 Å². The van der Waals surface area contributed by atoms with Crippen LogP contribution in [0.25, 0.3) is 5.57 Å². The van der Waals surface area contributed by atoms with Crippen molar-refractivity contribution in [3.8, 4) is 11.5 Å². The Balaban J connectivity index is 2.03. The van der Waals surface area contributed by atoms with Crippen LogP contribution in [0.3, 0.4) is 0 Å². The number of aromatic carboxylic acids is 1. The van der Waals surface area contributed by atoms with Gasteiger partial charge >= 0.3 is 5.97 Å². The molecule has 2 aliphatic rings. The Kier molecular flexibility index (Phi) is 3.86. The number of fused-ring (bicyclic) bond motifs is 2. The van der Waals surface area contributed by atoms with Gasteiger partial charge in [0.15, 0.2) is 0 Å². The van der Waals surface area contributed by atoms with E-state index >= 15 is 0 Å². The van der Waals surface area contributed by atoms with E-state index in [0.717, 1.165) is 16.7 Å². The molecule has 0 aromatic heterocycles. The molecule has 1 heterocycles. The maximum Gasteiger partial charge on any atom is 0.336 e. The molecule has 0 radical (unpaired) electrons. The van der Waals surface area contributed by atoms with E-state index < -0.39 is 12.1 Å². The Morgan fingerprint density at radius 2 is 1.96 bits per heavy atom. The van der Waals surface area contributed by atoms with Gasteiger partial charge in [0.1, 0.15) is 17.3 Å². The Morgan fingerprint density at radius 3 is 2.73 bits per heavy atom. The molecule has 0 amide bonds. The number of carboxylic acids is 1. The molecule has 4 rings (SSSR count). The third-order valence-electron chi connectivity index (χ3n) is 4.42. The van der Waals surface area contributed by atoms with Crippen LogP contribution in [0.1, 0.15) is 21.5 Å². The SMILES string of the molecule is COc1ccc2c(c1)OC1=CC(O)C=CC1=C2c1ccccc1C(=O)O. The number of methoxy groups -OCH3 is 1. The third-order valence-corrected chi connectivity index (χ3v) is 4.42. The minimum atomic E-state index is -0.999. The number of benzene rings is 2. The van der Waals surface area contributed by atoms with Crippen molar-refractivity contribution in [2.75, 3.05) is 7.11 Å². The number of hydrogen-bond donors (Lipinski definition) is 2. The molecule has 1 unspecified atom stereocenters. The number of aliphatic hydroxyl groups excluding tert-OH is 1. The van der Waals surface area contributed by atoms with Crippen LogP contribution < -0.4 is 9.47 Å². The average Bonchev–Trinajstić information content (AvgIpc) is 2.65. The number of rotatable bonds is 3. The molecule has 5 heteroatoms. The van der Waals surface area contributed by atoms with Crippen LogP contribution in [-0.2, 0) is 0 Å². The highest BCUT2D eigenvalue weighted by atomic mass is 16.5. The number of aliphatic hydroxyl groups is 1. The predicted octanol–water partition coefficient (Wildman–Crippen LogP) is 3.40. The highest BCUT2D eigenvalue weighted by molar-refractivity contribution is 6.00. The van der Waals surface area contributed by atoms with Crippen molar-refractivity contribution >= 4 is 11.5 Å². The van der Waals surface area contributed by atoms with Crippen LogP contribution in [0.4, 0.5) is 0 Å². The molecule has 130 valence electrons. The second-order valence-corrected chi connectivity index (χ2v) is 5.98. The Morgan fingerprint density at radius 1 is 1.15 bits per heavy atom. The zero-order chi connectivity index (χ0) is 18.3. The van der Waals surface area contributed by atoms with Gasteiger partial charge in [-0.15, -0.1) is 0 Å². The van der Waals surface area contributed by atoms with E-state index in [1.54, 1.807) is 55.7 Å². The van der Waals surface area contributed by atoms with E-state index in [0.29, 0.717) is 22.8 Å². The van der Waals surface area contributed by atoms with Gasteiger partial charge in [0.05, 0.1) is 18.8 Å². The van der Waals surface area contributed by atoms with Crippen LogP contribution in [0.15, 0.2) is 72.0 Å². The lowest BCUT2D eigenvalue weighted by molar-refractivity contribution is 0.0696. The molecule has 0 saturated heterocycles. The van der Waals surface area contributed by atoms with Gasteiger partial charge in [0.25, 0.3) is 0 Å². The number of carboxylic acid groups (broad SMARTS) is 1. The summed E-state index contributed by atoms with van der Waals surface area (Å²) in [6, 6.07) is 12.3. The number of ether oxygens (including phenoxy) is 2. The number of allylic oxidation sites excluding steroid dienone is 1. The topological polar surface area (TPSA) is 76.0 Å². The zero-order valence-corrected chi connectivity index (χ0v) is 14.0. The van der Waals surface area contributed by atoms with Crippen molar-refractivity contribution in [2.45, 2.75) is 6.10 Å². The number of carbonyl (C=O) groups is 1. The largest absolute Gasteiger partial charge is 0.497 e. The van der Waals surface area contributed by atoms with Crippen molar-refractivity contribution in [2.24, 2.45) is 0 Å². The molecular weight excluding hydrogens is 332 g/mol. The summed E-state index contributed by atoms with van der Waals surface area (Å²) in [6.07, 6.45) is 4.25. The first-order valence-electron chi connectivity index (χ1n) is 8.10. The molecule has 2 aromatic rings. The first-order chi connectivity index (χ1) is 12.6. The van der Waals surface area contributed by atoms with Gasteiger partial charge in [-0.2, -0.15) is 0 Å². The van der Waals surface area contributed by atoms with Crippen LogP contribution in [0.5, 0.6) is 11.5 Å². The molecule has 0 bridgehead atoms. The van der Waals surface area contributed by atoms with E-state index in [2.05, 4.69) is 0 Å². The average molecular weight is 348 g/mol.